The number of quaternary nitrogens is 1. The smallest absolute Gasteiger partial charge is 0.306 e. The van der Waals surface area contributed by atoms with Gasteiger partial charge in [0.1, 0.15) is 19.8 Å². The number of carbonyl (C=O) groups is 2. The van der Waals surface area contributed by atoms with Crippen molar-refractivity contribution in [3.8, 4) is 0 Å². The first-order valence-corrected chi connectivity index (χ1v) is 34.4. The first-order chi connectivity index (χ1) is 40.0. The van der Waals surface area contributed by atoms with Gasteiger partial charge in [0.2, 0.25) is 0 Å². The van der Waals surface area contributed by atoms with E-state index in [1.807, 2.05) is 21.1 Å². The van der Waals surface area contributed by atoms with Crippen LogP contribution in [0.15, 0.2) is 134 Å². The molecule has 0 aliphatic rings. The average Bonchev–Trinajstić information content (AvgIpc) is 3.45. The molecule has 0 aliphatic heterocycles. The lowest BCUT2D eigenvalue weighted by Gasteiger charge is -2.28. The lowest BCUT2D eigenvalue weighted by atomic mass is 10.0. The lowest BCUT2D eigenvalue weighted by molar-refractivity contribution is -0.870. The molecule has 0 amide bonds. The number of rotatable bonds is 59. The predicted octanol–water partition coefficient (Wildman–Crippen LogP) is 20.6. The lowest BCUT2D eigenvalue weighted by Crippen LogP contribution is -2.37. The van der Waals surface area contributed by atoms with E-state index in [1.54, 1.807) is 0 Å². The van der Waals surface area contributed by atoms with Gasteiger partial charge in [-0.05, 0) is 96.3 Å². The summed E-state index contributed by atoms with van der Waals surface area (Å²) in [4.78, 5) is 37.9. The van der Waals surface area contributed by atoms with Crippen molar-refractivity contribution in [2.24, 2.45) is 0 Å². The van der Waals surface area contributed by atoms with E-state index >= 15 is 0 Å². The normalized spacial score (nSPS) is 14.1. The van der Waals surface area contributed by atoms with Gasteiger partial charge < -0.3 is 27.9 Å². The second kappa shape index (κ2) is 61.7. The largest absolute Gasteiger partial charge is 0.756 e. The molecule has 0 saturated heterocycles. The number of phosphoric ester groups is 1. The average molecular weight is 1160 g/mol. The van der Waals surface area contributed by atoms with Crippen molar-refractivity contribution in [3.63, 3.8) is 0 Å². The van der Waals surface area contributed by atoms with Gasteiger partial charge in [-0.1, -0.05) is 282 Å². The van der Waals surface area contributed by atoms with Gasteiger partial charge in [0.05, 0.1) is 27.7 Å². The first-order valence-electron chi connectivity index (χ1n) is 32.9. The topological polar surface area (TPSA) is 111 Å². The molecule has 2 atom stereocenters. The first kappa shape index (κ1) is 78.1. The van der Waals surface area contributed by atoms with Crippen LogP contribution < -0.4 is 4.89 Å². The number of unbranched alkanes of at least 4 members (excludes halogenated alkanes) is 23. The van der Waals surface area contributed by atoms with Gasteiger partial charge in [-0.3, -0.25) is 14.2 Å². The van der Waals surface area contributed by atoms with Crippen LogP contribution >= 0.6 is 7.82 Å². The van der Waals surface area contributed by atoms with Gasteiger partial charge in [-0.25, -0.2) is 0 Å². The minimum absolute atomic E-state index is 0.0378. The van der Waals surface area contributed by atoms with Gasteiger partial charge in [0.25, 0.3) is 7.82 Å². The number of carbonyl (C=O) groups excluding carboxylic acids is 2. The van der Waals surface area contributed by atoms with E-state index in [4.69, 9.17) is 18.5 Å². The van der Waals surface area contributed by atoms with Crippen molar-refractivity contribution < 1.29 is 42.1 Å². The molecule has 0 aromatic heterocycles. The molecule has 0 bridgehead atoms. The molecule has 2 unspecified atom stereocenters. The second-order valence-electron chi connectivity index (χ2n) is 22.8. The van der Waals surface area contributed by atoms with Crippen molar-refractivity contribution in [1.82, 2.24) is 0 Å². The second-order valence-corrected chi connectivity index (χ2v) is 24.2. The molecule has 0 aromatic rings. The van der Waals surface area contributed by atoms with Crippen molar-refractivity contribution in [3.05, 3.63) is 134 Å². The SMILES string of the molecule is CC/C=C\C/C=C\C/C=C\C/C=C\C/C=C\C/C=C\C/C=C\C/C=C\C/C=C\C/C=C\C/C=C\CCCCCCCCCC(=O)OC(COC(=O)CCCCCCCCCCCCCCCCCCC)COP(=O)([O-])OCC[N+](C)(C)C. The van der Waals surface area contributed by atoms with Crippen LogP contribution in [-0.2, 0) is 32.7 Å². The standard InChI is InChI=1S/C72H122NO8P/c1-6-8-10-12-14-16-18-20-22-24-25-26-27-28-29-30-31-32-33-34-35-36-37-38-39-40-41-42-43-44-45-46-47-49-51-53-55-57-59-61-63-65-72(75)81-70(69-80-82(76,77)79-67-66-73(3,4)5)68-78-71(74)64-62-60-58-56-54-52-50-48-23-21-19-17-15-13-11-9-7-2/h8,10,14,16,20,22,25-26,28-29,31-32,34-35,37-38,40-41,43-44,46-47,70H,6-7,9,11-13,15,17-19,21,23-24,27,30,33,36,39,42,45,48-69H2,1-5H3/b10-8-,16-14-,22-20-,26-25-,29-28-,32-31-,35-34-,38-37-,41-40-,44-43-,47-46-. The number of ether oxygens (including phenoxy) is 2. The van der Waals surface area contributed by atoms with Crippen molar-refractivity contribution >= 4 is 19.8 Å². The monoisotopic (exact) mass is 1160 g/mol. The quantitative estimate of drug-likeness (QED) is 0.0195. The Morgan fingerprint density at radius 1 is 0.390 bits per heavy atom. The summed E-state index contributed by atoms with van der Waals surface area (Å²) in [5.74, 6) is -0.846. The molecule has 0 rings (SSSR count). The van der Waals surface area contributed by atoms with Crippen LogP contribution in [0.3, 0.4) is 0 Å². The Labute approximate surface area is 504 Å². The maximum absolute atomic E-state index is 12.8. The Balaban J connectivity index is 4.12. The van der Waals surface area contributed by atoms with Crippen LogP contribution in [0.2, 0.25) is 0 Å². The van der Waals surface area contributed by atoms with Crippen molar-refractivity contribution in [2.75, 3.05) is 47.5 Å². The van der Waals surface area contributed by atoms with Gasteiger partial charge in [0.15, 0.2) is 6.10 Å². The summed E-state index contributed by atoms with van der Waals surface area (Å²) in [7, 11) is 1.15. The Hall–Kier alpha value is -3.85. The number of hydrogen-bond acceptors (Lipinski definition) is 8. The summed E-state index contributed by atoms with van der Waals surface area (Å²) < 4.78 is 34.2. The summed E-state index contributed by atoms with van der Waals surface area (Å²) in [5.41, 5.74) is 0. The summed E-state index contributed by atoms with van der Waals surface area (Å²) >= 11 is 0. The fourth-order valence-electron chi connectivity index (χ4n) is 8.66. The van der Waals surface area contributed by atoms with E-state index in [9.17, 15) is 19.0 Å². The molecule has 0 aliphatic carbocycles. The van der Waals surface area contributed by atoms with E-state index in [-0.39, 0.29) is 32.0 Å². The van der Waals surface area contributed by atoms with Gasteiger partial charge in [0, 0.05) is 12.8 Å². The van der Waals surface area contributed by atoms with E-state index in [0.717, 1.165) is 122 Å². The zero-order chi connectivity index (χ0) is 59.8. The summed E-state index contributed by atoms with van der Waals surface area (Å²) in [6.45, 7) is 4.12. The number of nitrogens with zero attached hydrogens (tertiary/aromatic N) is 1. The minimum atomic E-state index is -4.65. The van der Waals surface area contributed by atoms with Gasteiger partial charge in [-0.15, -0.1) is 0 Å². The third kappa shape index (κ3) is 65.3. The van der Waals surface area contributed by atoms with Crippen LogP contribution in [0, 0.1) is 0 Å². The molecule has 0 heterocycles. The van der Waals surface area contributed by atoms with Crippen LogP contribution in [-0.4, -0.2) is 70.0 Å². The Morgan fingerprint density at radius 2 is 0.695 bits per heavy atom. The van der Waals surface area contributed by atoms with Crippen molar-refractivity contribution in [2.45, 2.75) is 264 Å². The van der Waals surface area contributed by atoms with Crippen LogP contribution in [0.5, 0.6) is 0 Å². The molecule has 0 aromatic carbocycles. The fourth-order valence-corrected chi connectivity index (χ4v) is 9.39. The van der Waals surface area contributed by atoms with E-state index in [1.165, 1.54) is 103 Å². The van der Waals surface area contributed by atoms with Crippen LogP contribution in [0.4, 0.5) is 0 Å². The molecular formula is C72H122NO8P. The molecule has 10 heteroatoms. The number of phosphoric acid groups is 1. The third-order valence-corrected chi connectivity index (χ3v) is 14.6. The van der Waals surface area contributed by atoms with Crippen LogP contribution in [0.1, 0.15) is 258 Å². The third-order valence-electron chi connectivity index (χ3n) is 13.7. The minimum Gasteiger partial charge on any atom is -0.756 e. The molecule has 0 spiro atoms. The Kier molecular flexibility index (Phi) is 58.8. The highest BCUT2D eigenvalue weighted by molar-refractivity contribution is 7.45. The summed E-state index contributed by atoms with van der Waals surface area (Å²) in [6.07, 6.45) is 89.4. The molecule has 0 radical (unpaired) electrons. The van der Waals surface area contributed by atoms with E-state index < -0.39 is 26.5 Å². The van der Waals surface area contributed by atoms with Crippen LogP contribution in [0.25, 0.3) is 0 Å². The molecule has 0 N–H and O–H groups in total. The molecule has 9 nitrogen and oxygen atoms in total. The van der Waals surface area contributed by atoms with Crippen molar-refractivity contribution in [1.29, 1.82) is 0 Å². The zero-order valence-corrected chi connectivity index (χ0v) is 54.0. The molecule has 0 saturated carbocycles. The number of hydrogen-bond donors (Lipinski definition) is 0. The molecule has 468 valence electrons. The highest BCUT2D eigenvalue weighted by Crippen LogP contribution is 2.38. The van der Waals surface area contributed by atoms with Gasteiger partial charge >= 0.3 is 11.9 Å². The van der Waals surface area contributed by atoms with E-state index in [0.29, 0.717) is 17.4 Å². The Morgan fingerprint density at radius 3 is 1.04 bits per heavy atom. The predicted molar refractivity (Wildman–Crippen MR) is 351 cm³/mol. The van der Waals surface area contributed by atoms with E-state index in [2.05, 4.69) is 148 Å². The maximum atomic E-state index is 12.8. The molecular weight excluding hydrogens is 1040 g/mol. The summed E-state index contributed by atoms with van der Waals surface area (Å²) in [5, 5.41) is 0. The van der Waals surface area contributed by atoms with Gasteiger partial charge in [-0.2, -0.15) is 0 Å². The number of esters is 2. The number of allylic oxidation sites excluding steroid dienone is 22. The maximum Gasteiger partial charge on any atom is 0.306 e. The summed E-state index contributed by atoms with van der Waals surface area (Å²) in [6, 6.07) is 0. The highest BCUT2D eigenvalue weighted by Gasteiger charge is 2.22. The zero-order valence-electron chi connectivity index (χ0n) is 53.1. The highest BCUT2D eigenvalue weighted by atomic mass is 31.2. The molecule has 82 heavy (non-hydrogen) atoms. The fraction of sp³-hybridized carbons (Fsp3) is 0.667. The Bertz CT molecular complexity index is 1850. The number of likely N-dealkylation sites (N-methyl/N-ethyl adjacent to an activating group) is 1. The molecule has 0 fully saturated rings.